The maximum atomic E-state index is 11.2. The van der Waals surface area contributed by atoms with Crippen LogP contribution in [0, 0.1) is 0 Å². The van der Waals surface area contributed by atoms with Gasteiger partial charge in [0.15, 0.2) is 5.78 Å². The first kappa shape index (κ1) is 9.33. The molecule has 0 aliphatic rings. The van der Waals surface area contributed by atoms with Gasteiger partial charge < -0.3 is 0 Å². The molecule has 0 fully saturated rings. The Morgan fingerprint density at radius 3 is 3.00 bits per heavy atom. The SMILES string of the molecule is O=C(CBr)Cn1nnc2ccccc21. The van der Waals surface area contributed by atoms with Gasteiger partial charge in [-0.25, -0.2) is 4.68 Å². The van der Waals surface area contributed by atoms with Gasteiger partial charge in [0.25, 0.3) is 0 Å². The highest BCUT2D eigenvalue weighted by Crippen LogP contribution is 2.09. The molecule has 1 heterocycles. The molecule has 4 nitrogen and oxygen atoms in total. The number of para-hydroxylation sites is 1. The van der Waals surface area contributed by atoms with Crippen molar-refractivity contribution in [3.8, 4) is 0 Å². The summed E-state index contributed by atoms with van der Waals surface area (Å²) in [4.78, 5) is 11.2. The number of hydrogen-bond acceptors (Lipinski definition) is 3. The lowest BCUT2D eigenvalue weighted by Crippen LogP contribution is -2.12. The molecule has 72 valence electrons. The van der Waals surface area contributed by atoms with Gasteiger partial charge in [-0.15, -0.1) is 5.10 Å². The molecule has 0 unspecified atom stereocenters. The molecular formula is C9H8BrN3O. The van der Waals surface area contributed by atoms with Crippen LogP contribution in [0.15, 0.2) is 24.3 Å². The van der Waals surface area contributed by atoms with E-state index >= 15 is 0 Å². The summed E-state index contributed by atoms with van der Waals surface area (Å²) in [6, 6.07) is 7.57. The second-order valence-corrected chi connectivity index (χ2v) is 3.47. The van der Waals surface area contributed by atoms with Crippen LogP contribution >= 0.6 is 15.9 Å². The van der Waals surface area contributed by atoms with Gasteiger partial charge in [-0.3, -0.25) is 4.79 Å². The fraction of sp³-hybridized carbons (Fsp3) is 0.222. The number of nitrogens with zero attached hydrogens (tertiary/aromatic N) is 3. The topological polar surface area (TPSA) is 47.8 Å². The molecule has 0 amide bonds. The van der Waals surface area contributed by atoms with Gasteiger partial charge in [0.05, 0.1) is 10.8 Å². The Hall–Kier alpha value is -1.23. The third-order valence-electron chi connectivity index (χ3n) is 1.90. The lowest BCUT2D eigenvalue weighted by Gasteiger charge is -1.97. The van der Waals surface area contributed by atoms with E-state index in [2.05, 4.69) is 26.2 Å². The van der Waals surface area contributed by atoms with Crippen LogP contribution in [0.1, 0.15) is 0 Å². The number of ketones is 1. The lowest BCUT2D eigenvalue weighted by molar-refractivity contribution is -0.117. The van der Waals surface area contributed by atoms with Crippen LogP contribution in [0.2, 0.25) is 0 Å². The normalized spacial score (nSPS) is 10.6. The standard InChI is InChI=1S/C9H8BrN3O/c10-5-7(14)6-13-9-4-2-1-3-8(9)11-12-13/h1-4H,5-6H2. The van der Waals surface area contributed by atoms with Crippen molar-refractivity contribution in [3.05, 3.63) is 24.3 Å². The third-order valence-corrected chi connectivity index (χ3v) is 2.52. The lowest BCUT2D eigenvalue weighted by atomic mass is 10.3. The van der Waals surface area contributed by atoms with Gasteiger partial charge >= 0.3 is 0 Å². The minimum atomic E-state index is 0.0839. The molecule has 1 aromatic carbocycles. The molecule has 0 radical (unpaired) electrons. The Morgan fingerprint density at radius 2 is 2.21 bits per heavy atom. The Balaban J connectivity index is 2.38. The zero-order valence-corrected chi connectivity index (χ0v) is 8.94. The van der Waals surface area contributed by atoms with E-state index < -0.39 is 0 Å². The van der Waals surface area contributed by atoms with Crippen molar-refractivity contribution in [2.24, 2.45) is 0 Å². The second-order valence-electron chi connectivity index (χ2n) is 2.91. The van der Waals surface area contributed by atoms with Crippen molar-refractivity contribution >= 4 is 32.7 Å². The first-order valence-electron chi connectivity index (χ1n) is 4.17. The van der Waals surface area contributed by atoms with Crippen molar-refractivity contribution in [1.29, 1.82) is 0 Å². The summed E-state index contributed by atoms with van der Waals surface area (Å²) in [5, 5.41) is 8.21. The molecule has 0 spiro atoms. The summed E-state index contributed by atoms with van der Waals surface area (Å²) in [5.74, 6) is 0.0839. The van der Waals surface area contributed by atoms with E-state index in [9.17, 15) is 4.79 Å². The Labute approximate surface area is 89.0 Å². The van der Waals surface area contributed by atoms with Crippen molar-refractivity contribution in [3.63, 3.8) is 0 Å². The number of hydrogen-bond donors (Lipinski definition) is 0. The highest BCUT2D eigenvalue weighted by atomic mass is 79.9. The number of carbonyl (C=O) groups is 1. The fourth-order valence-electron chi connectivity index (χ4n) is 1.24. The summed E-state index contributed by atoms with van der Waals surface area (Å²) < 4.78 is 1.61. The quantitative estimate of drug-likeness (QED) is 0.778. The molecule has 2 rings (SSSR count). The molecule has 1 aromatic heterocycles. The fourth-order valence-corrected chi connectivity index (χ4v) is 1.42. The monoisotopic (exact) mass is 253 g/mol. The molecule has 0 aliphatic heterocycles. The number of benzene rings is 1. The molecule has 0 aliphatic carbocycles. The molecular weight excluding hydrogens is 246 g/mol. The van der Waals surface area contributed by atoms with Gasteiger partial charge in [0.1, 0.15) is 12.1 Å². The summed E-state index contributed by atoms with van der Waals surface area (Å²) >= 11 is 3.11. The van der Waals surface area contributed by atoms with E-state index in [4.69, 9.17) is 0 Å². The molecule has 0 bridgehead atoms. The average Bonchev–Trinajstić information content (AvgIpc) is 2.62. The summed E-state index contributed by atoms with van der Waals surface area (Å²) in [6.45, 7) is 0.270. The molecule has 5 heteroatoms. The van der Waals surface area contributed by atoms with Crippen LogP contribution in [0.5, 0.6) is 0 Å². The van der Waals surface area contributed by atoms with Crippen LogP contribution in [-0.2, 0) is 11.3 Å². The molecule has 0 N–H and O–H groups in total. The summed E-state index contributed by atoms with van der Waals surface area (Å²) in [5.41, 5.74) is 1.71. The summed E-state index contributed by atoms with van der Waals surface area (Å²) in [7, 11) is 0. The van der Waals surface area contributed by atoms with Crippen molar-refractivity contribution in [2.75, 3.05) is 5.33 Å². The van der Waals surface area contributed by atoms with Gasteiger partial charge in [-0.05, 0) is 12.1 Å². The Morgan fingerprint density at radius 1 is 1.43 bits per heavy atom. The minimum Gasteiger partial charge on any atom is -0.297 e. The number of fused-ring (bicyclic) bond motifs is 1. The maximum Gasteiger partial charge on any atom is 0.164 e. The zero-order chi connectivity index (χ0) is 9.97. The molecule has 0 saturated carbocycles. The number of halogens is 1. The molecule has 0 atom stereocenters. The van der Waals surface area contributed by atoms with Gasteiger partial charge in [-0.1, -0.05) is 33.3 Å². The van der Waals surface area contributed by atoms with E-state index in [1.807, 2.05) is 24.3 Å². The van der Waals surface area contributed by atoms with E-state index in [-0.39, 0.29) is 12.3 Å². The van der Waals surface area contributed by atoms with E-state index in [0.717, 1.165) is 11.0 Å². The first-order valence-corrected chi connectivity index (χ1v) is 5.29. The number of Topliss-reactive ketones (excluding diaryl/α,β-unsaturated/α-hetero) is 1. The average molecular weight is 254 g/mol. The highest BCUT2D eigenvalue weighted by molar-refractivity contribution is 9.09. The second kappa shape index (κ2) is 3.88. The largest absolute Gasteiger partial charge is 0.297 e. The van der Waals surface area contributed by atoms with E-state index in [1.165, 1.54) is 0 Å². The van der Waals surface area contributed by atoms with Crippen LogP contribution < -0.4 is 0 Å². The molecule has 2 aromatic rings. The minimum absolute atomic E-state index is 0.0839. The zero-order valence-electron chi connectivity index (χ0n) is 7.35. The van der Waals surface area contributed by atoms with E-state index in [1.54, 1.807) is 4.68 Å². The van der Waals surface area contributed by atoms with Gasteiger partial charge in [0.2, 0.25) is 0 Å². The maximum absolute atomic E-state index is 11.2. The van der Waals surface area contributed by atoms with Crippen LogP contribution in [0.25, 0.3) is 11.0 Å². The predicted octanol–water partition coefficient (Wildman–Crippen LogP) is 1.40. The van der Waals surface area contributed by atoms with Crippen molar-refractivity contribution < 1.29 is 4.79 Å². The van der Waals surface area contributed by atoms with Crippen molar-refractivity contribution in [2.45, 2.75) is 6.54 Å². The van der Waals surface area contributed by atoms with Crippen molar-refractivity contribution in [1.82, 2.24) is 15.0 Å². The first-order chi connectivity index (χ1) is 6.81. The number of carbonyl (C=O) groups excluding carboxylic acids is 1. The van der Waals surface area contributed by atoms with Gasteiger partial charge in [-0.2, -0.15) is 0 Å². The smallest absolute Gasteiger partial charge is 0.164 e. The molecule has 0 saturated heterocycles. The Kier molecular flexibility index (Phi) is 2.58. The van der Waals surface area contributed by atoms with Crippen LogP contribution in [0.4, 0.5) is 0 Å². The van der Waals surface area contributed by atoms with Crippen LogP contribution in [-0.4, -0.2) is 26.1 Å². The van der Waals surface area contributed by atoms with Gasteiger partial charge in [0, 0.05) is 0 Å². The number of rotatable bonds is 3. The van der Waals surface area contributed by atoms with E-state index in [0.29, 0.717) is 5.33 Å². The number of alkyl halides is 1. The summed E-state index contributed by atoms with van der Waals surface area (Å²) in [6.07, 6.45) is 0. The third kappa shape index (κ3) is 1.68. The Bertz CT molecular complexity index is 466. The highest BCUT2D eigenvalue weighted by Gasteiger charge is 2.06. The van der Waals surface area contributed by atoms with Crippen LogP contribution in [0.3, 0.4) is 0 Å². The predicted molar refractivity (Wildman–Crippen MR) is 56.3 cm³/mol. The molecule has 14 heavy (non-hydrogen) atoms. The number of aromatic nitrogens is 3.